The third-order valence-electron chi connectivity index (χ3n) is 2.67. The molecule has 18 heavy (non-hydrogen) atoms. The number of rotatable bonds is 10. The summed E-state index contributed by atoms with van der Waals surface area (Å²) in [5.74, 6) is 1.50. The summed E-state index contributed by atoms with van der Waals surface area (Å²) in [5.41, 5.74) is 0. The highest BCUT2D eigenvalue weighted by Gasteiger charge is 2.10. The number of thioether (sulfide) groups is 1. The zero-order valence-electron chi connectivity index (χ0n) is 12.3. The van der Waals surface area contributed by atoms with Gasteiger partial charge in [0, 0.05) is 11.3 Å². The van der Waals surface area contributed by atoms with E-state index in [1.807, 2.05) is 24.8 Å². The fourth-order valence-corrected chi connectivity index (χ4v) is 2.80. The van der Waals surface area contributed by atoms with Crippen LogP contribution in [0.1, 0.15) is 53.4 Å². The van der Waals surface area contributed by atoms with Gasteiger partial charge in [-0.25, -0.2) is 4.79 Å². The van der Waals surface area contributed by atoms with Crippen LogP contribution in [0.2, 0.25) is 0 Å². The monoisotopic (exact) mass is 272 g/mol. The maximum Gasteiger partial charge on any atom is 0.330 e. The quantitative estimate of drug-likeness (QED) is 0.334. The van der Waals surface area contributed by atoms with Gasteiger partial charge in [0.1, 0.15) is 0 Å². The molecule has 0 heterocycles. The van der Waals surface area contributed by atoms with E-state index in [2.05, 4.69) is 20.8 Å². The minimum atomic E-state index is -0.227. The van der Waals surface area contributed by atoms with E-state index in [0.29, 0.717) is 17.8 Å². The van der Waals surface area contributed by atoms with Gasteiger partial charge in [0.05, 0.1) is 6.61 Å². The third-order valence-corrected chi connectivity index (χ3v) is 4.28. The van der Waals surface area contributed by atoms with Crippen molar-refractivity contribution in [1.29, 1.82) is 0 Å². The van der Waals surface area contributed by atoms with Crippen molar-refractivity contribution in [3.63, 3.8) is 0 Å². The van der Waals surface area contributed by atoms with Crippen molar-refractivity contribution < 1.29 is 9.53 Å². The molecule has 0 N–H and O–H groups in total. The predicted molar refractivity (Wildman–Crippen MR) is 81.0 cm³/mol. The number of hydrogen-bond donors (Lipinski definition) is 0. The van der Waals surface area contributed by atoms with E-state index in [-0.39, 0.29) is 5.97 Å². The van der Waals surface area contributed by atoms with Crippen LogP contribution in [0.15, 0.2) is 12.2 Å². The van der Waals surface area contributed by atoms with Crippen molar-refractivity contribution in [2.24, 2.45) is 5.92 Å². The normalized spacial score (nSPS) is 13.2. The van der Waals surface area contributed by atoms with Gasteiger partial charge in [0.2, 0.25) is 0 Å². The van der Waals surface area contributed by atoms with Gasteiger partial charge in [-0.1, -0.05) is 46.1 Å². The minimum Gasteiger partial charge on any atom is -0.463 e. The molecule has 3 heteroatoms. The second-order valence-corrected chi connectivity index (χ2v) is 6.04. The summed E-state index contributed by atoms with van der Waals surface area (Å²) in [7, 11) is 0. The van der Waals surface area contributed by atoms with Gasteiger partial charge in [-0.3, -0.25) is 0 Å². The Morgan fingerprint density at radius 1 is 1.22 bits per heavy atom. The van der Waals surface area contributed by atoms with Crippen LogP contribution in [0, 0.1) is 5.92 Å². The Labute approximate surface area is 117 Å². The molecular formula is C15H28O2S. The summed E-state index contributed by atoms with van der Waals surface area (Å²) in [6.07, 6.45) is 8.76. The van der Waals surface area contributed by atoms with Crippen LogP contribution in [0.4, 0.5) is 0 Å². The molecule has 106 valence electrons. The summed E-state index contributed by atoms with van der Waals surface area (Å²) in [6.45, 7) is 8.89. The summed E-state index contributed by atoms with van der Waals surface area (Å²) in [4.78, 5) is 11.3. The maximum atomic E-state index is 11.3. The summed E-state index contributed by atoms with van der Waals surface area (Å²) < 4.78 is 4.89. The molecule has 0 aromatic carbocycles. The van der Waals surface area contributed by atoms with Gasteiger partial charge in [-0.2, -0.15) is 11.8 Å². The average Bonchev–Trinajstić information content (AvgIpc) is 2.32. The number of unbranched alkanes of at least 4 members (excludes halogenated alkanes) is 3. The molecule has 0 bridgehead atoms. The second-order valence-electron chi connectivity index (χ2n) is 4.75. The van der Waals surface area contributed by atoms with Crippen molar-refractivity contribution in [2.45, 2.75) is 58.6 Å². The molecule has 0 spiro atoms. The first-order chi connectivity index (χ1) is 8.61. The average molecular weight is 272 g/mol. The Balaban J connectivity index is 3.95. The third kappa shape index (κ3) is 9.58. The Kier molecular flexibility index (Phi) is 11.4. The van der Waals surface area contributed by atoms with Gasteiger partial charge in [0.15, 0.2) is 0 Å². The zero-order chi connectivity index (χ0) is 13.8. The lowest BCUT2D eigenvalue weighted by Crippen LogP contribution is -2.10. The standard InChI is InChI=1S/C15H28O2S/c1-5-7-8-9-12-18-14(13(3)4)10-11-15(16)17-6-2/h10-11,13-14H,5-9,12H2,1-4H3/b11-10+/t14-/m1/s1. The summed E-state index contributed by atoms with van der Waals surface area (Å²) in [5, 5.41) is 0.413. The Morgan fingerprint density at radius 2 is 1.94 bits per heavy atom. The van der Waals surface area contributed by atoms with E-state index >= 15 is 0 Å². The molecule has 0 unspecified atom stereocenters. The maximum absolute atomic E-state index is 11.3. The van der Waals surface area contributed by atoms with Crippen molar-refractivity contribution in [2.75, 3.05) is 12.4 Å². The molecule has 0 aromatic rings. The minimum absolute atomic E-state index is 0.227. The number of hydrogen-bond acceptors (Lipinski definition) is 3. The van der Waals surface area contributed by atoms with Gasteiger partial charge in [0.25, 0.3) is 0 Å². The van der Waals surface area contributed by atoms with E-state index in [9.17, 15) is 4.79 Å². The molecular weight excluding hydrogens is 244 g/mol. The van der Waals surface area contributed by atoms with E-state index in [1.165, 1.54) is 31.4 Å². The van der Waals surface area contributed by atoms with Crippen LogP contribution in [0.3, 0.4) is 0 Å². The van der Waals surface area contributed by atoms with E-state index in [0.717, 1.165) is 0 Å². The number of esters is 1. The van der Waals surface area contributed by atoms with Gasteiger partial charge >= 0.3 is 5.97 Å². The SMILES string of the molecule is CCCCCCS[C@H](/C=C/C(=O)OCC)C(C)C. The van der Waals surface area contributed by atoms with Crippen molar-refractivity contribution >= 4 is 17.7 Å². The Morgan fingerprint density at radius 3 is 2.50 bits per heavy atom. The molecule has 0 aliphatic heterocycles. The fourth-order valence-electron chi connectivity index (χ4n) is 1.58. The van der Waals surface area contributed by atoms with Crippen LogP contribution in [-0.4, -0.2) is 23.6 Å². The molecule has 1 atom stereocenters. The van der Waals surface area contributed by atoms with Crippen molar-refractivity contribution in [3.05, 3.63) is 12.2 Å². The summed E-state index contributed by atoms with van der Waals surface area (Å²) in [6, 6.07) is 0. The van der Waals surface area contributed by atoms with Crippen LogP contribution >= 0.6 is 11.8 Å². The topological polar surface area (TPSA) is 26.3 Å². The first-order valence-electron chi connectivity index (χ1n) is 7.08. The number of ether oxygens (including phenoxy) is 1. The highest BCUT2D eigenvalue weighted by atomic mass is 32.2. The van der Waals surface area contributed by atoms with Gasteiger partial charge in [-0.05, 0) is 25.0 Å². The smallest absolute Gasteiger partial charge is 0.330 e. The first-order valence-corrected chi connectivity index (χ1v) is 8.13. The van der Waals surface area contributed by atoms with Crippen molar-refractivity contribution in [1.82, 2.24) is 0 Å². The molecule has 0 saturated carbocycles. The largest absolute Gasteiger partial charge is 0.463 e. The predicted octanol–water partition coefficient (Wildman–Crippen LogP) is 4.44. The van der Waals surface area contributed by atoms with Crippen LogP contribution in [-0.2, 0) is 9.53 Å². The van der Waals surface area contributed by atoms with Crippen molar-refractivity contribution in [3.8, 4) is 0 Å². The van der Waals surface area contributed by atoms with Crippen LogP contribution in [0.5, 0.6) is 0 Å². The molecule has 0 aliphatic rings. The summed E-state index contributed by atoms with van der Waals surface area (Å²) >= 11 is 1.95. The second kappa shape index (κ2) is 11.6. The Hall–Kier alpha value is -0.440. The van der Waals surface area contributed by atoms with E-state index < -0.39 is 0 Å². The molecule has 0 aromatic heterocycles. The molecule has 0 aliphatic carbocycles. The van der Waals surface area contributed by atoms with Crippen LogP contribution < -0.4 is 0 Å². The molecule has 2 nitrogen and oxygen atoms in total. The molecule has 0 rings (SSSR count). The molecule has 0 saturated heterocycles. The number of carbonyl (C=O) groups excluding carboxylic acids is 1. The lowest BCUT2D eigenvalue weighted by atomic mass is 10.1. The van der Waals surface area contributed by atoms with Gasteiger partial charge in [-0.15, -0.1) is 0 Å². The molecule has 0 fully saturated rings. The lowest BCUT2D eigenvalue weighted by molar-refractivity contribution is -0.137. The zero-order valence-corrected chi connectivity index (χ0v) is 13.1. The highest BCUT2D eigenvalue weighted by molar-refractivity contribution is 8.00. The van der Waals surface area contributed by atoms with E-state index in [1.54, 1.807) is 6.08 Å². The lowest BCUT2D eigenvalue weighted by Gasteiger charge is -2.16. The Bertz CT molecular complexity index is 237. The fraction of sp³-hybridized carbons (Fsp3) is 0.800. The highest BCUT2D eigenvalue weighted by Crippen LogP contribution is 2.22. The van der Waals surface area contributed by atoms with E-state index in [4.69, 9.17) is 4.74 Å². The molecule has 0 radical (unpaired) electrons. The van der Waals surface area contributed by atoms with Gasteiger partial charge < -0.3 is 4.74 Å². The van der Waals surface area contributed by atoms with Crippen LogP contribution in [0.25, 0.3) is 0 Å². The molecule has 0 amide bonds. The first kappa shape index (κ1) is 17.6. The number of carbonyl (C=O) groups is 1.